The van der Waals surface area contributed by atoms with Crippen LogP contribution in [-0.2, 0) is 0 Å². The molecule has 0 fully saturated rings. The number of aromatic nitrogens is 2. The van der Waals surface area contributed by atoms with E-state index in [9.17, 15) is 19.4 Å². The monoisotopic (exact) mass is 457 g/mol. The fourth-order valence-corrected chi connectivity index (χ4v) is 4.36. The van der Waals surface area contributed by atoms with E-state index in [1.54, 1.807) is 0 Å². The lowest BCUT2D eigenvalue weighted by atomic mass is 10.1. The van der Waals surface area contributed by atoms with Crippen molar-refractivity contribution in [3.63, 3.8) is 0 Å². The molecule has 30 heavy (non-hydrogen) atoms. The van der Waals surface area contributed by atoms with E-state index >= 15 is 0 Å². The van der Waals surface area contributed by atoms with Crippen molar-refractivity contribution in [1.82, 2.24) is 9.97 Å². The van der Waals surface area contributed by atoms with Gasteiger partial charge in [-0.1, -0.05) is 68.5 Å². The van der Waals surface area contributed by atoms with E-state index in [1.807, 2.05) is 35.9 Å². The first-order chi connectivity index (χ1) is 13.9. The van der Waals surface area contributed by atoms with E-state index in [-0.39, 0.29) is 11.5 Å². The van der Waals surface area contributed by atoms with Crippen molar-refractivity contribution in [2.45, 2.75) is 4.90 Å². The van der Waals surface area contributed by atoms with Crippen LogP contribution in [0.25, 0.3) is 11.3 Å². The predicted molar refractivity (Wildman–Crippen MR) is 116 cm³/mol. The molecule has 0 saturated heterocycles. The number of anilines is 2. The summed E-state index contributed by atoms with van der Waals surface area (Å²) in [5, 5.41) is 3.88. The number of hydrogen-bond donors (Lipinski definition) is 1. The first kappa shape index (κ1) is 21.9. The molecule has 0 aliphatic rings. The summed E-state index contributed by atoms with van der Waals surface area (Å²) in [6.07, 6.45) is 2.89. The Morgan fingerprint density at radius 3 is 1.90 bits per heavy atom. The molecule has 10 heteroatoms. The molecule has 0 aliphatic carbocycles. The molecule has 3 aromatic rings. The second-order valence-corrected chi connectivity index (χ2v) is 10.7. The Labute approximate surface area is 171 Å². The molecule has 0 atom stereocenters. The van der Waals surface area contributed by atoms with Gasteiger partial charge in [-0.3, -0.25) is 4.98 Å². The molecule has 2 aromatic carbocycles. The Balaban J connectivity index is 1.90. The van der Waals surface area contributed by atoms with Crippen LogP contribution in [0.5, 0.6) is 0 Å². The Bertz CT molecular complexity index is 1080. The van der Waals surface area contributed by atoms with Gasteiger partial charge in [-0.15, -0.1) is 0 Å². The third-order valence-corrected chi connectivity index (χ3v) is 6.94. The number of rotatable bonds is 7. The van der Waals surface area contributed by atoms with Gasteiger partial charge in [0, 0.05) is 23.6 Å². The van der Waals surface area contributed by atoms with Crippen LogP contribution in [0.3, 0.4) is 0 Å². The molecule has 3 rings (SSSR count). The average Bonchev–Trinajstić information content (AvgIpc) is 2.69. The van der Waals surface area contributed by atoms with Crippen molar-refractivity contribution in [3.05, 3.63) is 85.7 Å². The summed E-state index contributed by atoms with van der Waals surface area (Å²) in [5.41, 5.74) is 1.35. The third-order valence-electron chi connectivity index (χ3n) is 4.09. The maximum Gasteiger partial charge on any atom is 0.310 e. The van der Waals surface area contributed by atoms with Crippen molar-refractivity contribution in [2.75, 3.05) is 5.32 Å². The highest BCUT2D eigenvalue weighted by Gasteiger charge is 2.65. The second-order valence-electron chi connectivity index (χ2n) is 6.19. The highest BCUT2D eigenvalue weighted by molar-refractivity contribution is 8.45. The fraction of sp³-hybridized carbons (Fsp3) is 0. The molecule has 0 aliphatic heterocycles. The SMILES string of the molecule is C=CP(C=C)c1ccc(-c2nccnc2Nc2ccc(S(F)(F)(F)(F)F)cc2)cc1. The van der Waals surface area contributed by atoms with Crippen LogP contribution in [0.15, 0.2) is 90.6 Å². The average molecular weight is 457 g/mol. The van der Waals surface area contributed by atoms with Crippen molar-refractivity contribution in [3.8, 4) is 11.3 Å². The maximum atomic E-state index is 12.9. The fourth-order valence-electron chi connectivity index (χ4n) is 2.65. The lowest BCUT2D eigenvalue weighted by molar-refractivity contribution is 0.364. The van der Waals surface area contributed by atoms with E-state index in [0.717, 1.165) is 23.0 Å². The van der Waals surface area contributed by atoms with Gasteiger partial charge < -0.3 is 5.32 Å². The van der Waals surface area contributed by atoms with Gasteiger partial charge in [0.05, 0.1) is 0 Å². The third kappa shape index (κ3) is 5.04. The summed E-state index contributed by atoms with van der Waals surface area (Å²) in [5.74, 6) is 3.92. The summed E-state index contributed by atoms with van der Waals surface area (Å²) in [6.45, 7) is 7.58. The zero-order chi connectivity index (χ0) is 22.1. The standard InChI is InChI=1S/C20H17F5N3PS/c1-3-29(4-2)17-9-5-15(6-10-17)19-20(27-14-13-26-19)28-16-7-11-18(12-8-16)30(21,22,23,24)25/h3-14H,1-2H2,(H,27,28). The number of nitrogens with zero attached hydrogens (tertiary/aromatic N) is 2. The normalized spacial score (nSPS) is 13.9. The minimum atomic E-state index is -9.71. The predicted octanol–water partition coefficient (Wildman–Crippen LogP) is 7.94. The first-order valence-corrected chi connectivity index (χ1v) is 11.9. The van der Waals surface area contributed by atoms with Gasteiger partial charge in [0.1, 0.15) is 10.6 Å². The zero-order valence-corrected chi connectivity index (χ0v) is 17.2. The molecule has 0 amide bonds. The molecular formula is C20H17F5N3PS. The number of hydrogen-bond acceptors (Lipinski definition) is 3. The summed E-state index contributed by atoms with van der Waals surface area (Å²) < 4.78 is 64.4. The van der Waals surface area contributed by atoms with Gasteiger partial charge in [-0.05, 0) is 37.5 Å². The van der Waals surface area contributed by atoms with Gasteiger partial charge >= 0.3 is 10.2 Å². The van der Waals surface area contributed by atoms with Crippen molar-refractivity contribution in [2.24, 2.45) is 0 Å². The Morgan fingerprint density at radius 2 is 1.37 bits per heavy atom. The minimum Gasteiger partial charge on any atom is -0.338 e. The molecule has 0 bridgehead atoms. The molecule has 0 spiro atoms. The van der Waals surface area contributed by atoms with Gasteiger partial charge in [-0.2, -0.15) is 0 Å². The second kappa shape index (κ2) is 7.18. The molecule has 0 saturated carbocycles. The van der Waals surface area contributed by atoms with Gasteiger partial charge in [-0.25, -0.2) is 4.98 Å². The summed E-state index contributed by atoms with van der Waals surface area (Å²) >= 11 is 0. The van der Waals surface area contributed by atoms with Crippen molar-refractivity contribution in [1.29, 1.82) is 0 Å². The van der Waals surface area contributed by atoms with Crippen LogP contribution < -0.4 is 10.6 Å². The van der Waals surface area contributed by atoms with E-state index in [1.165, 1.54) is 12.4 Å². The molecule has 1 heterocycles. The van der Waals surface area contributed by atoms with Gasteiger partial charge in [0.2, 0.25) is 0 Å². The highest BCUT2D eigenvalue weighted by atomic mass is 32.5. The largest absolute Gasteiger partial charge is 0.338 e. The summed E-state index contributed by atoms with van der Waals surface area (Å²) in [6, 6.07) is 10.0. The molecule has 1 N–H and O–H groups in total. The molecule has 158 valence electrons. The number of nitrogens with one attached hydrogen (secondary N) is 1. The summed E-state index contributed by atoms with van der Waals surface area (Å²) in [4.78, 5) is 6.51. The van der Waals surface area contributed by atoms with Crippen LogP contribution in [0.4, 0.5) is 30.9 Å². The van der Waals surface area contributed by atoms with E-state index < -0.39 is 23.0 Å². The minimum absolute atomic E-state index is 0.167. The van der Waals surface area contributed by atoms with Crippen molar-refractivity contribution < 1.29 is 19.4 Å². The highest BCUT2D eigenvalue weighted by Crippen LogP contribution is 3.02. The van der Waals surface area contributed by atoms with E-state index in [2.05, 4.69) is 28.4 Å². The molecule has 1 aromatic heterocycles. The van der Waals surface area contributed by atoms with Gasteiger partial charge in [0.25, 0.3) is 0 Å². The first-order valence-electron chi connectivity index (χ1n) is 8.47. The topological polar surface area (TPSA) is 37.8 Å². The number of benzene rings is 2. The van der Waals surface area contributed by atoms with Crippen LogP contribution in [0, 0.1) is 0 Å². The quantitative estimate of drug-likeness (QED) is 0.289. The van der Waals surface area contributed by atoms with Crippen LogP contribution in [-0.4, -0.2) is 9.97 Å². The molecular weight excluding hydrogens is 440 g/mol. The van der Waals surface area contributed by atoms with Gasteiger partial charge in [0.15, 0.2) is 5.82 Å². The maximum absolute atomic E-state index is 12.9. The van der Waals surface area contributed by atoms with Crippen LogP contribution in [0.2, 0.25) is 0 Å². The Kier molecular flexibility index (Phi) is 5.25. The molecule has 3 nitrogen and oxygen atoms in total. The lowest BCUT2D eigenvalue weighted by Crippen LogP contribution is -2.06. The Morgan fingerprint density at radius 1 is 0.800 bits per heavy atom. The van der Waals surface area contributed by atoms with E-state index in [0.29, 0.717) is 17.8 Å². The summed E-state index contributed by atoms with van der Waals surface area (Å²) in [7, 11) is -10.4. The van der Waals surface area contributed by atoms with Crippen LogP contribution >= 0.6 is 18.1 Å². The molecule has 0 radical (unpaired) electrons. The van der Waals surface area contributed by atoms with E-state index in [4.69, 9.17) is 0 Å². The zero-order valence-electron chi connectivity index (χ0n) is 15.5. The van der Waals surface area contributed by atoms with Crippen LogP contribution in [0.1, 0.15) is 0 Å². The number of halogens is 5. The smallest absolute Gasteiger partial charge is 0.310 e. The lowest BCUT2D eigenvalue weighted by Gasteiger charge is -2.40. The Hall–Kier alpha value is -2.77. The van der Waals surface area contributed by atoms with Crippen molar-refractivity contribution >= 4 is 35.0 Å². The molecule has 0 unspecified atom stereocenters.